The van der Waals surface area contributed by atoms with Crippen LogP contribution in [0, 0.1) is 6.92 Å². The largest absolute Gasteiger partial charge is 0.354 e. The van der Waals surface area contributed by atoms with Gasteiger partial charge >= 0.3 is 6.03 Å². The fourth-order valence-electron chi connectivity index (χ4n) is 2.85. The maximum Gasteiger partial charge on any atom is 0.317 e. The highest BCUT2D eigenvalue weighted by molar-refractivity contribution is 7.09. The van der Waals surface area contributed by atoms with Crippen LogP contribution in [0.5, 0.6) is 0 Å². The monoisotopic (exact) mass is 374 g/mol. The highest BCUT2D eigenvalue weighted by Gasteiger charge is 2.15. The molecule has 0 saturated carbocycles. The average molecular weight is 375 g/mol. The summed E-state index contributed by atoms with van der Waals surface area (Å²) in [7, 11) is 3.92. The molecule has 1 aliphatic rings. The van der Waals surface area contributed by atoms with Crippen molar-refractivity contribution in [2.75, 3.05) is 45.2 Å². The van der Waals surface area contributed by atoms with E-state index in [0.717, 1.165) is 48.3 Å². The molecule has 1 saturated heterocycles. The van der Waals surface area contributed by atoms with Gasteiger partial charge in [0, 0.05) is 51.3 Å². The first-order valence-electron chi connectivity index (χ1n) is 8.79. The number of aryl methyl sites for hydroxylation is 1. The highest BCUT2D eigenvalue weighted by atomic mass is 32.1. The fourth-order valence-corrected chi connectivity index (χ4v) is 3.46. The summed E-state index contributed by atoms with van der Waals surface area (Å²) >= 11 is 1.60. The van der Waals surface area contributed by atoms with Crippen LogP contribution in [0.3, 0.4) is 0 Å². The van der Waals surface area contributed by atoms with E-state index in [1.54, 1.807) is 23.3 Å². The van der Waals surface area contributed by atoms with Gasteiger partial charge in [-0.05, 0) is 25.6 Å². The normalized spacial score (nSPS) is 15.1. The van der Waals surface area contributed by atoms with Crippen LogP contribution in [-0.4, -0.2) is 66.1 Å². The van der Waals surface area contributed by atoms with Crippen molar-refractivity contribution in [1.29, 1.82) is 0 Å². The number of piperazine rings is 1. The third-order valence-corrected chi connectivity index (χ3v) is 5.31. The number of amides is 2. The van der Waals surface area contributed by atoms with Gasteiger partial charge in [-0.1, -0.05) is 6.07 Å². The van der Waals surface area contributed by atoms with E-state index in [2.05, 4.69) is 32.1 Å². The van der Waals surface area contributed by atoms with Gasteiger partial charge in [0.1, 0.15) is 5.82 Å². The number of carbonyl (C=O) groups is 1. The van der Waals surface area contributed by atoms with Crippen molar-refractivity contribution in [1.82, 2.24) is 25.1 Å². The molecule has 0 aromatic carbocycles. The van der Waals surface area contributed by atoms with Gasteiger partial charge in [0.2, 0.25) is 0 Å². The fraction of sp³-hybridized carbons (Fsp3) is 0.500. The zero-order valence-corrected chi connectivity index (χ0v) is 16.4. The van der Waals surface area contributed by atoms with Crippen LogP contribution in [0.25, 0.3) is 0 Å². The Labute approximate surface area is 158 Å². The second-order valence-electron chi connectivity index (χ2n) is 6.69. The molecule has 0 unspecified atom stereocenters. The minimum absolute atomic E-state index is 0.112. The van der Waals surface area contributed by atoms with Crippen molar-refractivity contribution < 1.29 is 4.79 Å². The molecule has 140 valence electrons. The van der Waals surface area contributed by atoms with E-state index < -0.39 is 0 Å². The Balaban J connectivity index is 1.47. The van der Waals surface area contributed by atoms with E-state index >= 15 is 0 Å². The number of hydrogen-bond donors (Lipinski definition) is 1. The second-order valence-corrected chi connectivity index (χ2v) is 7.75. The molecular weight excluding hydrogens is 348 g/mol. The molecule has 0 atom stereocenters. The van der Waals surface area contributed by atoms with Crippen molar-refractivity contribution in [3.63, 3.8) is 0 Å². The van der Waals surface area contributed by atoms with Gasteiger partial charge in [-0.25, -0.2) is 14.8 Å². The van der Waals surface area contributed by atoms with E-state index in [1.807, 2.05) is 30.6 Å². The molecule has 7 nitrogen and oxygen atoms in total. The predicted molar refractivity (Wildman–Crippen MR) is 105 cm³/mol. The van der Waals surface area contributed by atoms with Gasteiger partial charge in [-0.3, -0.25) is 0 Å². The molecule has 2 amide bonds. The summed E-state index contributed by atoms with van der Waals surface area (Å²) in [5, 5.41) is 5.93. The number of hydrogen-bond acceptors (Lipinski definition) is 6. The molecule has 3 heterocycles. The molecule has 2 aromatic heterocycles. The topological polar surface area (TPSA) is 64.6 Å². The van der Waals surface area contributed by atoms with Crippen molar-refractivity contribution in [2.24, 2.45) is 0 Å². The first-order chi connectivity index (χ1) is 12.5. The molecule has 3 rings (SSSR count). The van der Waals surface area contributed by atoms with E-state index in [9.17, 15) is 4.79 Å². The Morgan fingerprint density at radius 1 is 1.31 bits per heavy atom. The van der Waals surface area contributed by atoms with Crippen LogP contribution in [0.1, 0.15) is 16.3 Å². The highest BCUT2D eigenvalue weighted by Crippen LogP contribution is 2.14. The maximum absolute atomic E-state index is 12.2. The van der Waals surface area contributed by atoms with Gasteiger partial charge in [-0.15, -0.1) is 11.3 Å². The molecule has 8 heteroatoms. The van der Waals surface area contributed by atoms with Crippen LogP contribution < -0.4 is 10.2 Å². The van der Waals surface area contributed by atoms with Crippen molar-refractivity contribution in [3.05, 3.63) is 40.0 Å². The minimum atomic E-state index is -0.112. The number of anilines is 1. The van der Waals surface area contributed by atoms with Crippen LogP contribution in [-0.2, 0) is 13.1 Å². The van der Waals surface area contributed by atoms with Gasteiger partial charge in [0.15, 0.2) is 0 Å². The van der Waals surface area contributed by atoms with Crippen molar-refractivity contribution >= 4 is 23.2 Å². The van der Waals surface area contributed by atoms with Gasteiger partial charge in [-0.2, -0.15) is 0 Å². The van der Waals surface area contributed by atoms with E-state index in [1.165, 1.54) is 0 Å². The molecule has 0 bridgehead atoms. The maximum atomic E-state index is 12.2. The standard InChI is InChI=1S/C18H26N6OS/c1-14-21-16(13-26-14)12-23(3)18(25)20-11-15-4-5-17(19-10-15)24-8-6-22(2)7-9-24/h4-5,10,13H,6-9,11-12H2,1-3H3,(H,20,25). The Hall–Kier alpha value is -2.19. The predicted octanol–water partition coefficient (Wildman–Crippen LogP) is 1.94. The summed E-state index contributed by atoms with van der Waals surface area (Å²) in [5.74, 6) is 1.00. The van der Waals surface area contributed by atoms with Crippen LogP contribution >= 0.6 is 11.3 Å². The van der Waals surface area contributed by atoms with E-state index in [-0.39, 0.29) is 6.03 Å². The first kappa shape index (κ1) is 18.6. The number of urea groups is 1. The number of nitrogens with zero attached hydrogens (tertiary/aromatic N) is 5. The van der Waals surface area contributed by atoms with Gasteiger partial charge < -0.3 is 20.0 Å². The third-order valence-electron chi connectivity index (χ3n) is 4.49. The third kappa shape index (κ3) is 4.92. The Bertz CT molecular complexity index is 724. The number of aromatic nitrogens is 2. The van der Waals surface area contributed by atoms with Crippen LogP contribution in [0.4, 0.5) is 10.6 Å². The lowest BCUT2D eigenvalue weighted by atomic mass is 10.2. The number of nitrogens with one attached hydrogen (secondary N) is 1. The Morgan fingerprint density at radius 3 is 2.69 bits per heavy atom. The quantitative estimate of drug-likeness (QED) is 0.866. The van der Waals surface area contributed by atoms with Crippen molar-refractivity contribution in [3.8, 4) is 0 Å². The van der Waals surface area contributed by atoms with E-state index in [4.69, 9.17) is 0 Å². The number of carbonyl (C=O) groups excluding carboxylic acids is 1. The molecule has 2 aromatic rings. The smallest absolute Gasteiger partial charge is 0.317 e. The molecule has 0 radical (unpaired) electrons. The summed E-state index contributed by atoms with van der Waals surface area (Å²) in [5.41, 5.74) is 1.91. The number of likely N-dealkylation sites (N-methyl/N-ethyl adjacent to an activating group) is 1. The number of thiazole rings is 1. The Kier molecular flexibility index (Phi) is 6.05. The molecule has 26 heavy (non-hydrogen) atoms. The molecule has 1 fully saturated rings. The SMILES string of the molecule is Cc1nc(CN(C)C(=O)NCc2ccc(N3CCN(C)CC3)nc2)cs1. The van der Waals surface area contributed by atoms with Crippen molar-refractivity contribution in [2.45, 2.75) is 20.0 Å². The second kappa shape index (κ2) is 8.46. The summed E-state index contributed by atoms with van der Waals surface area (Å²) in [4.78, 5) is 27.4. The lowest BCUT2D eigenvalue weighted by molar-refractivity contribution is 0.206. The van der Waals surface area contributed by atoms with Crippen LogP contribution in [0.15, 0.2) is 23.7 Å². The lowest BCUT2D eigenvalue weighted by Crippen LogP contribution is -2.44. The summed E-state index contributed by atoms with van der Waals surface area (Å²) in [6.45, 7) is 7.06. The molecule has 0 spiro atoms. The van der Waals surface area contributed by atoms with Crippen LogP contribution in [0.2, 0.25) is 0 Å². The molecular formula is C18H26N6OS. The number of rotatable bonds is 5. The summed E-state index contributed by atoms with van der Waals surface area (Å²) in [6.07, 6.45) is 1.84. The van der Waals surface area contributed by atoms with Gasteiger partial charge in [0.25, 0.3) is 0 Å². The number of pyridine rings is 1. The molecule has 0 aliphatic carbocycles. The van der Waals surface area contributed by atoms with E-state index in [0.29, 0.717) is 13.1 Å². The molecule has 1 N–H and O–H groups in total. The minimum Gasteiger partial charge on any atom is -0.354 e. The zero-order valence-electron chi connectivity index (χ0n) is 15.6. The Morgan fingerprint density at radius 2 is 2.08 bits per heavy atom. The van der Waals surface area contributed by atoms with Gasteiger partial charge in [0.05, 0.1) is 17.2 Å². The summed E-state index contributed by atoms with van der Waals surface area (Å²) < 4.78 is 0. The zero-order chi connectivity index (χ0) is 18.5. The molecule has 1 aliphatic heterocycles. The average Bonchev–Trinajstić information content (AvgIpc) is 3.05. The summed E-state index contributed by atoms with van der Waals surface area (Å²) in [6, 6.07) is 3.96. The lowest BCUT2D eigenvalue weighted by Gasteiger charge is -2.33. The first-order valence-corrected chi connectivity index (χ1v) is 9.67.